The highest BCUT2D eigenvalue weighted by molar-refractivity contribution is 5.79. The maximum absolute atomic E-state index is 13.1. The first-order chi connectivity index (χ1) is 14.1. The average Bonchev–Trinajstić information content (AvgIpc) is 3.24. The zero-order chi connectivity index (χ0) is 20.4. The number of rotatable bonds is 3. The number of aromatic nitrogens is 3. The van der Waals surface area contributed by atoms with Crippen molar-refractivity contribution in [3.8, 4) is 6.07 Å². The molecule has 150 valence electrons. The fraction of sp³-hybridized carbons (Fsp3) is 0.450. The van der Waals surface area contributed by atoms with Gasteiger partial charge in [-0.25, -0.2) is 19.4 Å². The van der Waals surface area contributed by atoms with Crippen molar-refractivity contribution in [2.75, 3.05) is 24.6 Å². The summed E-state index contributed by atoms with van der Waals surface area (Å²) < 4.78 is 13.0. The third kappa shape index (κ3) is 3.89. The third-order valence-corrected chi connectivity index (χ3v) is 5.47. The Labute approximate surface area is 167 Å². The molecular formula is C20H21FN6O2. The number of carbonyl (C=O) groups is 1. The van der Waals surface area contributed by atoms with Crippen molar-refractivity contribution >= 4 is 11.9 Å². The van der Waals surface area contributed by atoms with Gasteiger partial charge in [0.15, 0.2) is 5.82 Å². The van der Waals surface area contributed by atoms with Crippen LogP contribution in [0.2, 0.25) is 0 Å². The molecule has 2 saturated heterocycles. The van der Waals surface area contributed by atoms with E-state index >= 15 is 0 Å². The van der Waals surface area contributed by atoms with Crippen molar-refractivity contribution in [3.05, 3.63) is 47.3 Å². The van der Waals surface area contributed by atoms with Gasteiger partial charge in [0.2, 0.25) is 11.9 Å². The van der Waals surface area contributed by atoms with Crippen LogP contribution in [0, 0.1) is 30.0 Å². The van der Waals surface area contributed by atoms with Crippen molar-refractivity contribution in [1.29, 1.82) is 5.26 Å². The first-order valence-electron chi connectivity index (χ1n) is 9.62. The minimum absolute atomic E-state index is 0.0498. The number of carbonyl (C=O) groups excluding carboxylic acids is 1. The summed E-state index contributed by atoms with van der Waals surface area (Å²) in [4.78, 5) is 33.0. The van der Waals surface area contributed by atoms with Crippen LogP contribution in [0.1, 0.15) is 42.1 Å². The van der Waals surface area contributed by atoms with E-state index in [1.807, 2.05) is 4.90 Å². The first-order valence-corrected chi connectivity index (χ1v) is 9.62. The number of hydrogen-bond acceptors (Lipinski definition) is 7. The molecule has 2 aliphatic heterocycles. The zero-order valence-electron chi connectivity index (χ0n) is 16.1. The lowest BCUT2D eigenvalue weighted by Gasteiger charge is -2.34. The first kappa shape index (κ1) is 19.2. The van der Waals surface area contributed by atoms with E-state index in [4.69, 9.17) is 4.84 Å². The molecule has 4 heterocycles. The summed E-state index contributed by atoms with van der Waals surface area (Å²) in [6, 6.07) is 3.70. The summed E-state index contributed by atoms with van der Waals surface area (Å²) in [6.45, 7) is 3.47. The zero-order valence-corrected chi connectivity index (χ0v) is 16.1. The van der Waals surface area contributed by atoms with E-state index in [9.17, 15) is 14.4 Å². The van der Waals surface area contributed by atoms with Crippen molar-refractivity contribution < 1.29 is 14.0 Å². The quantitative estimate of drug-likeness (QED) is 0.786. The number of aryl methyl sites for hydroxylation is 1. The van der Waals surface area contributed by atoms with Gasteiger partial charge in [-0.15, -0.1) is 0 Å². The predicted octanol–water partition coefficient (Wildman–Crippen LogP) is 2.31. The van der Waals surface area contributed by atoms with Gasteiger partial charge in [0.1, 0.15) is 6.07 Å². The van der Waals surface area contributed by atoms with Gasteiger partial charge in [0.05, 0.1) is 36.3 Å². The van der Waals surface area contributed by atoms with Gasteiger partial charge in [-0.3, -0.25) is 14.6 Å². The molecule has 0 N–H and O–H groups in total. The van der Waals surface area contributed by atoms with Gasteiger partial charge in [-0.2, -0.15) is 5.26 Å². The Morgan fingerprint density at radius 2 is 1.93 bits per heavy atom. The Hall–Kier alpha value is -3.12. The van der Waals surface area contributed by atoms with Crippen LogP contribution in [0.5, 0.6) is 0 Å². The van der Waals surface area contributed by atoms with E-state index in [-0.39, 0.29) is 17.9 Å². The van der Waals surface area contributed by atoms with Crippen LogP contribution in [0.25, 0.3) is 0 Å². The van der Waals surface area contributed by atoms with Crippen LogP contribution >= 0.6 is 0 Å². The van der Waals surface area contributed by atoms with Crippen molar-refractivity contribution in [2.45, 2.75) is 32.2 Å². The van der Waals surface area contributed by atoms with E-state index in [2.05, 4.69) is 21.0 Å². The van der Waals surface area contributed by atoms with Crippen LogP contribution < -0.4 is 4.90 Å². The maximum Gasteiger partial charge on any atom is 0.249 e. The fourth-order valence-corrected chi connectivity index (χ4v) is 3.81. The molecule has 0 aliphatic carbocycles. The Morgan fingerprint density at radius 1 is 1.21 bits per heavy atom. The summed E-state index contributed by atoms with van der Waals surface area (Å²) in [5.41, 5.74) is 1.99. The van der Waals surface area contributed by atoms with E-state index in [0.29, 0.717) is 56.2 Å². The molecule has 0 saturated carbocycles. The fourth-order valence-electron chi connectivity index (χ4n) is 3.81. The maximum atomic E-state index is 13.1. The lowest BCUT2D eigenvalue weighted by molar-refractivity contribution is -0.182. The Kier molecular flexibility index (Phi) is 5.36. The van der Waals surface area contributed by atoms with Gasteiger partial charge in [0, 0.05) is 31.6 Å². The van der Waals surface area contributed by atoms with Gasteiger partial charge >= 0.3 is 0 Å². The third-order valence-electron chi connectivity index (χ3n) is 5.47. The molecule has 1 amide bonds. The van der Waals surface area contributed by atoms with Crippen molar-refractivity contribution in [3.63, 3.8) is 0 Å². The molecule has 2 aromatic rings. The normalized spacial score (nSPS) is 20.0. The standard InChI is InChI=1S/C20H21FN6O2/c1-13-15(9-22)8-16(10-23-13)18-4-7-29-27(18)19(28)14-2-5-26(6-3-14)20-24-11-17(21)12-25-20/h8,10-12,14,18H,2-7H2,1H3/t18-/m0/s1. The van der Waals surface area contributed by atoms with Crippen LogP contribution in [0.4, 0.5) is 10.3 Å². The van der Waals surface area contributed by atoms with Crippen molar-refractivity contribution in [2.24, 2.45) is 5.92 Å². The smallest absolute Gasteiger partial charge is 0.249 e. The topological polar surface area (TPSA) is 95.2 Å². The lowest BCUT2D eigenvalue weighted by atomic mass is 9.94. The molecule has 0 unspecified atom stereocenters. The molecule has 2 aromatic heterocycles. The largest absolute Gasteiger partial charge is 0.341 e. The van der Waals surface area contributed by atoms with E-state index in [1.54, 1.807) is 19.2 Å². The molecule has 2 aliphatic rings. The molecule has 0 spiro atoms. The Balaban J connectivity index is 1.43. The molecule has 0 radical (unpaired) electrons. The molecule has 4 rings (SSSR count). The number of anilines is 1. The number of nitriles is 1. The molecule has 1 atom stereocenters. The van der Waals surface area contributed by atoms with Crippen LogP contribution in [0.15, 0.2) is 24.7 Å². The summed E-state index contributed by atoms with van der Waals surface area (Å²) in [5, 5.41) is 10.7. The Morgan fingerprint density at radius 3 is 2.62 bits per heavy atom. The lowest BCUT2D eigenvalue weighted by Crippen LogP contribution is -2.42. The predicted molar refractivity (Wildman–Crippen MR) is 101 cm³/mol. The minimum atomic E-state index is -0.471. The molecule has 0 bridgehead atoms. The monoisotopic (exact) mass is 396 g/mol. The number of hydrogen-bond donors (Lipinski definition) is 0. The van der Waals surface area contributed by atoms with Gasteiger partial charge in [0.25, 0.3) is 0 Å². The number of piperidine rings is 1. The molecule has 29 heavy (non-hydrogen) atoms. The second-order valence-electron chi connectivity index (χ2n) is 7.28. The van der Waals surface area contributed by atoms with Crippen molar-refractivity contribution in [1.82, 2.24) is 20.0 Å². The highest BCUT2D eigenvalue weighted by atomic mass is 19.1. The Bertz CT molecular complexity index is 937. The average molecular weight is 396 g/mol. The number of amides is 1. The number of pyridine rings is 1. The van der Waals surface area contributed by atoms with Gasteiger partial charge in [-0.05, 0) is 31.4 Å². The minimum Gasteiger partial charge on any atom is -0.341 e. The second kappa shape index (κ2) is 8.09. The number of halogens is 1. The molecular weight excluding hydrogens is 375 g/mol. The number of hydroxylamine groups is 2. The molecule has 9 heteroatoms. The van der Waals surface area contributed by atoms with E-state index in [0.717, 1.165) is 18.0 Å². The molecule has 8 nitrogen and oxygen atoms in total. The summed E-state index contributed by atoms with van der Waals surface area (Å²) in [6.07, 6.45) is 5.96. The highest BCUT2D eigenvalue weighted by Gasteiger charge is 2.37. The van der Waals surface area contributed by atoms with Crippen LogP contribution in [0.3, 0.4) is 0 Å². The van der Waals surface area contributed by atoms with Crippen LogP contribution in [-0.4, -0.2) is 45.6 Å². The molecule has 0 aromatic carbocycles. The highest BCUT2D eigenvalue weighted by Crippen LogP contribution is 2.34. The summed E-state index contributed by atoms with van der Waals surface area (Å²) in [7, 11) is 0. The summed E-state index contributed by atoms with van der Waals surface area (Å²) in [5.74, 6) is -0.212. The van der Waals surface area contributed by atoms with Gasteiger partial charge < -0.3 is 4.90 Å². The van der Waals surface area contributed by atoms with Crippen LogP contribution in [-0.2, 0) is 9.63 Å². The molecule has 2 fully saturated rings. The summed E-state index contributed by atoms with van der Waals surface area (Å²) >= 11 is 0. The van der Waals surface area contributed by atoms with E-state index in [1.165, 1.54) is 5.06 Å². The van der Waals surface area contributed by atoms with E-state index < -0.39 is 5.82 Å². The second-order valence-corrected chi connectivity index (χ2v) is 7.28. The number of nitrogens with zero attached hydrogens (tertiary/aromatic N) is 6. The SMILES string of the molecule is Cc1ncc([C@@H]2CCON2C(=O)C2CCN(c3ncc(F)cn3)CC2)cc1C#N. The van der Waals surface area contributed by atoms with Gasteiger partial charge in [-0.1, -0.05) is 0 Å².